The minimum Gasteiger partial charge on any atom is -0.467 e. The molecule has 4 N–H and O–H groups in total. The molecule has 3 atom stereocenters. The van der Waals surface area contributed by atoms with E-state index in [1.54, 1.807) is 20.8 Å². The van der Waals surface area contributed by atoms with Gasteiger partial charge in [0.15, 0.2) is 0 Å². The van der Waals surface area contributed by atoms with Crippen molar-refractivity contribution >= 4 is 18.0 Å². The van der Waals surface area contributed by atoms with Gasteiger partial charge in [0.1, 0.15) is 17.7 Å². The fourth-order valence-corrected chi connectivity index (χ4v) is 2.28. The van der Waals surface area contributed by atoms with Gasteiger partial charge >= 0.3 is 12.1 Å². The maximum absolute atomic E-state index is 12.7. The van der Waals surface area contributed by atoms with E-state index in [2.05, 4.69) is 10.6 Å². The molecular formula is C18H35N3O5. The molecule has 0 saturated heterocycles. The Kier molecular flexibility index (Phi) is 10.9. The highest BCUT2D eigenvalue weighted by molar-refractivity contribution is 5.89. The first-order valence-corrected chi connectivity index (χ1v) is 9.13. The predicted octanol–water partition coefficient (Wildman–Crippen LogP) is 1.71. The lowest BCUT2D eigenvalue weighted by Crippen LogP contribution is -2.54. The molecule has 0 unspecified atom stereocenters. The van der Waals surface area contributed by atoms with Crippen LogP contribution < -0.4 is 16.4 Å². The number of esters is 1. The molecule has 0 rings (SSSR count). The molecule has 0 bridgehead atoms. The average molecular weight is 373 g/mol. The number of carbonyl (C=O) groups excluding carboxylic acids is 3. The molecule has 0 aliphatic carbocycles. The molecule has 0 saturated carbocycles. The standard InChI is InChI=1S/C18H35N3O5/c1-7-12(2)14(21-17(24)26-18(3,4)5)15(22)20-13(16(23)25-6)10-8-9-11-19/h12-14H,7-11,19H2,1-6H3,(H,20,22)(H,21,24)/t12-,13-,14-/m0/s1. The van der Waals surface area contributed by atoms with Gasteiger partial charge in [0.05, 0.1) is 7.11 Å². The van der Waals surface area contributed by atoms with Crippen molar-refractivity contribution in [2.45, 2.75) is 78.0 Å². The van der Waals surface area contributed by atoms with Gasteiger partial charge in [0, 0.05) is 0 Å². The van der Waals surface area contributed by atoms with Crippen molar-refractivity contribution in [2.24, 2.45) is 11.7 Å². The van der Waals surface area contributed by atoms with E-state index in [0.29, 0.717) is 25.8 Å². The molecular weight excluding hydrogens is 338 g/mol. The highest BCUT2D eigenvalue weighted by Gasteiger charge is 2.31. The number of nitrogens with two attached hydrogens (primary N) is 1. The van der Waals surface area contributed by atoms with Crippen LogP contribution in [0.25, 0.3) is 0 Å². The van der Waals surface area contributed by atoms with Crippen LogP contribution in [0.2, 0.25) is 0 Å². The van der Waals surface area contributed by atoms with Crippen LogP contribution in [0.3, 0.4) is 0 Å². The van der Waals surface area contributed by atoms with Gasteiger partial charge in [-0.1, -0.05) is 20.3 Å². The Morgan fingerprint density at radius 2 is 1.73 bits per heavy atom. The Morgan fingerprint density at radius 3 is 2.19 bits per heavy atom. The Morgan fingerprint density at radius 1 is 1.12 bits per heavy atom. The summed E-state index contributed by atoms with van der Waals surface area (Å²) in [6, 6.07) is -1.58. The van der Waals surface area contributed by atoms with E-state index in [0.717, 1.165) is 6.42 Å². The van der Waals surface area contributed by atoms with Gasteiger partial charge in [-0.3, -0.25) is 4.79 Å². The second kappa shape index (κ2) is 11.7. The van der Waals surface area contributed by atoms with Crippen LogP contribution in [-0.4, -0.2) is 49.3 Å². The van der Waals surface area contributed by atoms with Crippen LogP contribution in [0.1, 0.15) is 60.3 Å². The Bertz CT molecular complexity index is 462. The van der Waals surface area contributed by atoms with Crippen LogP contribution in [0.4, 0.5) is 4.79 Å². The zero-order chi connectivity index (χ0) is 20.3. The molecule has 0 spiro atoms. The number of unbranched alkanes of at least 4 members (excludes halogenated alkanes) is 1. The zero-order valence-electron chi connectivity index (χ0n) is 16.9. The summed E-state index contributed by atoms with van der Waals surface area (Å²) in [6.45, 7) is 9.52. The number of carbonyl (C=O) groups is 3. The van der Waals surface area contributed by atoms with Gasteiger partial charge in [0.25, 0.3) is 0 Å². The SMILES string of the molecule is CC[C@H](C)[C@H](NC(=O)OC(C)(C)C)C(=O)N[C@@H](CCCCN)C(=O)OC. The van der Waals surface area contributed by atoms with Crippen LogP contribution in [0.15, 0.2) is 0 Å². The molecule has 0 aliphatic rings. The number of alkyl carbamates (subject to hydrolysis) is 1. The number of rotatable bonds is 10. The monoisotopic (exact) mass is 373 g/mol. The van der Waals surface area contributed by atoms with Gasteiger partial charge in [0.2, 0.25) is 5.91 Å². The summed E-state index contributed by atoms with van der Waals surface area (Å²) < 4.78 is 9.99. The number of ether oxygens (including phenoxy) is 2. The quantitative estimate of drug-likeness (QED) is 0.396. The summed E-state index contributed by atoms with van der Waals surface area (Å²) in [5.74, 6) is -1.09. The minimum absolute atomic E-state index is 0.134. The third kappa shape index (κ3) is 9.60. The van der Waals surface area contributed by atoms with E-state index in [1.807, 2.05) is 13.8 Å². The lowest BCUT2D eigenvalue weighted by atomic mass is 9.97. The van der Waals surface area contributed by atoms with Gasteiger partial charge < -0.3 is 25.8 Å². The first-order chi connectivity index (χ1) is 12.1. The van der Waals surface area contributed by atoms with E-state index in [4.69, 9.17) is 15.2 Å². The molecule has 8 heteroatoms. The van der Waals surface area contributed by atoms with E-state index >= 15 is 0 Å². The molecule has 2 amide bonds. The molecule has 0 aromatic heterocycles. The molecule has 0 heterocycles. The predicted molar refractivity (Wildman–Crippen MR) is 99.5 cm³/mol. The zero-order valence-corrected chi connectivity index (χ0v) is 16.9. The number of methoxy groups -OCH3 is 1. The maximum atomic E-state index is 12.7. The molecule has 0 radical (unpaired) electrons. The second-order valence-electron chi connectivity index (χ2n) is 7.38. The molecule has 0 aliphatic heterocycles. The Hall–Kier alpha value is -1.83. The van der Waals surface area contributed by atoms with Crippen molar-refractivity contribution in [3.8, 4) is 0 Å². The van der Waals surface area contributed by atoms with Crippen molar-refractivity contribution in [3.63, 3.8) is 0 Å². The Labute approximate surface area is 156 Å². The van der Waals surface area contributed by atoms with Crippen LogP contribution in [-0.2, 0) is 19.1 Å². The summed E-state index contributed by atoms with van der Waals surface area (Å²) in [4.78, 5) is 36.7. The third-order valence-corrected chi connectivity index (χ3v) is 3.92. The highest BCUT2D eigenvalue weighted by atomic mass is 16.6. The summed E-state index contributed by atoms with van der Waals surface area (Å²) in [5, 5.41) is 5.29. The highest BCUT2D eigenvalue weighted by Crippen LogP contribution is 2.12. The van der Waals surface area contributed by atoms with Gasteiger partial charge in [-0.15, -0.1) is 0 Å². The normalized spacial score (nSPS) is 14.7. The van der Waals surface area contributed by atoms with Crippen LogP contribution in [0, 0.1) is 5.92 Å². The summed E-state index contributed by atoms with van der Waals surface area (Å²) >= 11 is 0. The average Bonchev–Trinajstić information content (AvgIpc) is 2.55. The van der Waals surface area contributed by atoms with E-state index < -0.39 is 35.7 Å². The molecule has 0 aromatic carbocycles. The van der Waals surface area contributed by atoms with Crippen molar-refractivity contribution in [2.75, 3.05) is 13.7 Å². The lowest BCUT2D eigenvalue weighted by Gasteiger charge is -2.27. The van der Waals surface area contributed by atoms with E-state index in [-0.39, 0.29) is 5.92 Å². The summed E-state index contributed by atoms with van der Waals surface area (Å²) in [7, 11) is 1.27. The number of amides is 2. The van der Waals surface area contributed by atoms with Crippen molar-refractivity contribution < 1.29 is 23.9 Å². The first-order valence-electron chi connectivity index (χ1n) is 9.13. The molecule has 26 heavy (non-hydrogen) atoms. The summed E-state index contributed by atoms with van der Waals surface area (Å²) in [6.07, 6.45) is 1.85. The molecule has 8 nitrogen and oxygen atoms in total. The summed E-state index contributed by atoms with van der Waals surface area (Å²) in [5.41, 5.74) is 4.80. The fraction of sp³-hybridized carbons (Fsp3) is 0.833. The smallest absolute Gasteiger partial charge is 0.408 e. The van der Waals surface area contributed by atoms with Gasteiger partial charge in [-0.25, -0.2) is 9.59 Å². The van der Waals surface area contributed by atoms with Gasteiger partial charge in [-0.05, 0) is 52.5 Å². The third-order valence-electron chi connectivity index (χ3n) is 3.92. The molecule has 152 valence electrons. The number of nitrogens with one attached hydrogen (secondary N) is 2. The number of hydrogen-bond donors (Lipinski definition) is 3. The van der Waals surface area contributed by atoms with Crippen LogP contribution >= 0.6 is 0 Å². The fourth-order valence-electron chi connectivity index (χ4n) is 2.28. The van der Waals surface area contributed by atoms with E-state index in [9.17, 15) is 14.4 Å². The van der Waals surface area contributed by atoms with Gasteiger partial charge in [-0.2, -0.15) is 0 Å². The minimum atomic E-state index is -0.809. The first kappa shape index (κ1) is 24.2. The largest absolute Gasteiger partial charge is 0.467 e. The molecule has 0 fully saturated rings. The number of hydrogen-bond acceptors (Lipinski definition) is 6. The van der Waals surface area contributed by atoms with Crippen molar-refractivity contribution in [3.05, 3.63) is 0 Å². The van der Waals surface area contributed by atoms with Crippen molar-refractivity contribution in [1.29, 1.82) is 0 Å². The topological polar surface area (TPSA) is 120 Å². The van der Waals surface area contributed by atoms with Crippen LogP contribution in [0.5, 0.6) is 0 Å². The lowest BCUT2D eigenvalue weighted by molar-refractivity contribution is -0.145. The Balaban J connectivity index is 5.07. The molecule has 0 aromatic rings. The van der Waals surface area contributed by atoms with E-state index in [1.165, 1.54) is 7.11 Å². The van der Waals surface area contributed by atoms with Crippen molar-refractivity contribution in [1.82, 2.24) is 10.6 Å². The maximum Gasteiger partial charge on any atom is 0.408 e. The second-order valence-corrected chi connectivity index (χ2v) is 7.38.